The number of benzene rings is 4. The molecule has 0 bridgehead atoms. The molecule has 0 saturated heterocycles. The van der Waals surface area contributed by atoms with Gasteiger partial charge in [-0.1, -0.05) is 67.6 Å². The summed E-state index contributed by atoms with van der Waals surface area (Å²) in [7, 11) is 0. The molecule has 4 aromatic carbocycles. The Labute approximate surface area is 316 Å². The molecule has 3 N–H and O–H groups in total. The van der Waals surface area contributed by atoms with E-state index in [1.165, 1.54) is 0 Å². The first-order chi connectivity index (χ1) is 26.2. The van der Waals surface area contributed by atoms with E-state index in [1.807, 2.05) is 115 Å². The summed E-state index contributed by atoms with van der Waals surface area (Å²) in [5.41, 5.74) is 8.31. The van der Waals surface area contributed by atoms with E-state index in [0.717, 1.165) is 52.3 Å². The molecule has 0 saturated carbocycles. The maximum atomic E-state index is 13.0. The fourth-order valence-corrected chi connectivity index (χ4v) is 7.76. The molecule has 2 aliphatic rings. The lowest BCUT2D eigenvalue weighted by atomic mass is 9.91. The molecule has 0 fully saturated rings. The van der Waals surface area contributed by atoms with Gasteiger partial charge in [-0.05, 0) is 91.9 Å². The van der Waals surface area contributed by atoms with Gasteiger partial charge < -0.3 is 25.8 Å². The number of hydrogen-bond acceptors (Lipinski definition) is 7. The lowest BCUT2D eigenvalue weighted by Gasteiger charge is -2.40. The molecule has 1 aromatic heterocycles. The highest BCUT2D eigenvalue weighted by molar-refractivity contribution is 5.96. The Morgan fingerprint density at radius 3 is 1.89 bits per heavy atom. The Hall–Kier alpha value is -5.81. The number of fused-ring (bicyclic) bond motifs is 2. The first-order valence-corrected chi connectivity index (χ1v) is 18.9. The van der Waals surface area contributed by atoms with Gasteiger partial charge in [0.15, 0.2) is 0 Å². The molecular formula is C43H48N8O3. The largest absolute Gasteiger partial charge is 0.378 e. The summed E-state index contributed by atoms with van der Waals surface area (Å²) in [6.07, 6.45) is 4.41. The number of anilines is 3. The van der Waals surface area contributed by atoms with E-state index < -0.39 is 0 Å². The lowest BCUT2D eigenvalue weighted by molar-refractivity contribution is -0.119. The molecular weight excluding hydrogens is 677 g/mol. The fourth-order valence-electron chi connectivity index (χ4n) is 7.76. The quantitative estimate of drug-likeness (QED) is 0.131. The van der Waals surface area contributed by atoms with Crippen molar-refractivity contribution in [1.82, 2.24) is 25.6 Å². The average Bonchev–Trinajstić information content (AvgIpc) is 3.68. The van der Waals surface area contributed by atoms with Gasteiger partial charge in [0.25, 0.3) is 5.91 Å². The highest BCUT2D eigenvalue weighted by atomic mass is 16.2. The summed E-state index contributed by atoms with van der Waals surface area (Å²) in [5, 5.41) is 18.9. The second kappa shape index (κ2) is 16.1. The predicted molar refractivity (Wildman–Crippen MR) is 212 cm³/mol. The number of carbonyl (C=O) groups excluding carboxylic acids is 3. The van der Waals surface area contributed by atoms with Crippen LogP contribution in [0.25, 0.3) is 5.69 Å². The molecule has 11 heteroatoms. The van der Waals surface area contributed by atoms with E-state index in [1.54, 1.807) is 4.68 Å². The Kier molecular flexibility index (Phi) is 10.9. The van der Waals surface area contributed by atoms with E-state index in [4.69, 9.17) is 0 Å². The highest BCUT2D eigenvalue weighted by Crippen LogP contribution is 2.40. The standard InChI is InChI=1S/C43H48N8O3/c1-5-41(52)50-28(3)23-37(35-11-7-9-13-39(35)50)44-25-30-15-17-31(18-16-30)43(54)45-26-33-27-49(48-47-33)34-21-19-32(20-22-34)46-38-24-29(4)51(42(53)6-2)40-14-10-8-12-36(38)40/h7-22,27-29,37-38,44,46H,5-6,23-26H2,1-4H3,(H,45,54)/t28?,29-,37?,38+/m0/s1. The molecule has 7 rings (SSSR count). The van der Waals surface area contributed by atoms with Gasteiger partial charge in [0, 0.05) is 60.1 Å². The van der Waals surface area contributed by atoms with Crippen LogP contribution in [0.3, 0.4) is 0 Å². The van der Waals surface area contributed by atoms with Gasteiger partial charge in [0.05, 0.1) is 24.5 Å². The minimum absolute atomic E-state index is 0.0761. The van der Waals surface area contributed by atoms with E-state index in [2.05, 4.69) is 52.2 Å². The van der Waals surface area contributed by atoms with Crippen molar-refractivity contribution in [3.8, 4) is 5.69 Å². The molecule has 3 amide bonds. The zero-order valence-corrected chi connectivity index (χ0v) is 31.3. The zero-order chi connectivity index (χ0) is 37.8. The highest BCUT2D eigenvalue weighted by Gasteiger charge is 2.34. The maximum Gasteiger partial charge on any atom is 0.251 e. The Morgan fingerprint density at radius 1 is 0.704 bits per heavy atom. The summed E-state index contributed by atoms with van der Waals surface area (Å²) in [5.74, 6) is 0.0960. The molecule has 5 aromatic rings. The number of nitrogens with zero attached hydrogens (tertiary/aromatic N) is 5. The molecule has 278 valence electrons. The average molecular weight is 725 g/mol. The number of nitrogens with one attached hydrogen (secondary N) is 3. The maximum absolute atomic E-state index is 13.0. The van der Waals surface area contributed by atoms with Crippen LogP contribution in [0.1, 0.15) is 98.2 Å². The fraction of sp³-hybridized carbons (Fsp3) is 0.326. The van der Waals surface area contributed by atoms with Crippen molar-refractivity contribution in [2.75, 3.05) is 15.1 Å². The number of carbonyl (C=O) groups is 3. The van der Waals surface area contributed by atoms with Gasteiger partial charge in [-0.25, -0.2) is 4.68 Å². The number of para-hydroxylation sites is 2. The first kappa shape index (κ1) is 36.5. The van der Waals surface area contributed by atoms with Gasteiger partial charge in [-0.15, -0.1) is 5.10 Å². The Balaban J connectivity index is 0.916. The molecule has 2 aliphatic heterocycles. The summed E-state index contributed by atoms with van der Waals surface area (Å²) in [6.45, 7) is 8.90. The van der Waals surface area contributed by atoms with E-state index >= 15 is 0 Å². The minimum Gasteiger partial charge on any atom is -0.378 e. The van der Waals surface area contributed by atoms with Crippen LogP contribution >= 0.6 is 0 Å². The third kappa shape index (κ3) is 7.63. The van der Waals surface area contributed by atoms with E-state index in [-0.39, 0.29) is 48.4 Å². The van der Waals surface area contributed by atoms with Crippen LogP contribution < -0.4 is 25.8 Å². The van der Waals surface area contributed by atoms with Crippen LogP contribution in [0.5, 0.6) is 0 Å². The molecule has 0 radical (unpaired) electrons. The van der Waals surface area contributed by atoms with Gasteiger partial charge in [-0.3, -0.25) is 14.4 Å². The van der Waals surface area contributed by atoms with Crippen molar-refractivity contribution in [3.63, 3.8) is 0 Å². The zero-order valence-electron chi connectivity index (χ0n) is 31.3. The van der Waals surface area contributed by atoms with Crippen LogP contribution in [-0.4, -0.2) is 44.8 Å². The van der Waals surface area contributed by atoms with E-state index in [0.29, 0.717) is 30.6 Å². The topological polar surface area (TPSA) is 124 Å². The lowest BCUT2D eigenvalue weighted by Crippen LogP contribution is -2.45. The summed E-state index contributed by atoms with van der Waals surface area (Å²) < 4.78 is 1.70. The number of rotatable bonds is 11. The van der Waals surface area contributed by atoms with Crippen LogP contribution in [0.15, 0.2) is 103 Å². The summed E-state index contributed by atoms with van der Waals surface area (Å²) >= 11 is 0. The second-order valence-electron chi connectivity index (χ2n) is 14.2. The molecule has 0 spiro atoms. The predicted octanol–water partition coefficient (Wildman–Crippen LogP) is 7.25. The van der Waals surface area contributed by atoms with Crippen molar-refractivity contribution >= 4 is 34.8 Å². The number of aromatic nitrogens is 3. The monoisotopic (exact) mass is 724 g/mol. The summed E-state index contributed by atoms with van der Waals surface area (Å²) in [4.78, 5) is 42.3. The minimum atomic E-state index is -0.184. The van der Waals surface area contributed by atoms with Crippen molar-refractivity contribution in [1.29, 1.82) is 0 Å². The molecule has 4 atom stereocenters. The normalized spacial score (nSPS) is 19.1. The molecule has 11 nitrogen and oxygen atoms in total. The smallest absolute Gasteiger partial charge is 0.251 e. The SMILES string of the molecule is CCC(=O)N1c2ccccc2C(NCc2ccc(C(=O)NCc3cn(-c4ccc(N[C@@H]5C[C@H](C)N(C(=O)CC)c6ccccc65)cc4)nn3)cc2)CC1C. The van der Waals surface area contributed by atoms with Gasteiger partial charge in [0.2, 0.25) is 11.8 Å². The van der Waals surface area contributed by atoms with Crippen LogP contribution in [-0.2, 0) is 22.7 Å². The molecule has 3 heterocycles. The van der Waals surface area contributed by atoms with Crippen LogP contribution in [0.2, 0.25) is 0 Å². The third-order valence-electron chi connectivity index (χ3n) is 10.5. The van der Waals surface area contributed by atoms with E-state index in [9.17, 15) is 14.4 Å². The number of hydrogen-bond donors (Lipinski definition) is 3. The van der Waals surface area contributed by atoms with Gasteiger partial charge in [-0.2, -0.15) is 0 Å². The van der Waals surface area contributed by atoms with Crippen molar-refractivity contribution in [2.45, 2.75) is 90.6 Å². The Morgan fingerprint density at radius 2 is 1.28 bits per heavy atom. The van der Waals surface area contributed by atoms with Gasteiger partial charge >= 0.3 is 0 Å². The van der Waals surface area contributed by atoms with Crippen LogP contribution in [0.4, 0.5) is 17.1 Å². The molecule has 54 heavy (non-hydrogen) atoms. The number of amides is 3. The Bertz CT molecular complexity index is 2110. The second-order valence-corrected chi connectivity index (χ2v) is 14.2. The van der Waals surface area contributed by atoms with Crippen molar-refractivity contribution < 1.29 is 14.4 Å². The third-order valence-corrected chi connectivity index (χ3v) is 10.5. The summed E-state index contributed by atoms with van der Waals surface area (Å²) in [6, 6.07) is 32.3. The van der Waals surface area contributed by atoms with Crippen molar-refractivity contribution in [2.24, 2.45) is 0 Å². The van der Waals surface area contributed by atoms with Crippen molar-refractivity contribution in [3.05, 3.63) is 131 Å². The molecule has 2 unspecified atom stereocenters. The molecule has 0 aliphatic carbocycles. The van der Waals surface area contributed by atoms with Gasteiger partial charge in [0.1, 0.15) is 5.69 Å². The van der Waals surface area contributed by atoms with Crippen LogP contribution in [0, 0.1) is 0 Å². The first-order valence-electron chi connectivity index (χ1n) is 18.9.